The summed E-state index contributed by atoms with van der Waals surface area (Å²) in [6.45, 7) is 0. The fourth-order valence-corrected chi connectivity index (χ4v) is 2.37. The zero-order chi connectivity index (χ0) is 10.1. The minimum absolute atomic E-state index is 0.400. The number of ether oxygens (including phenoxy) is 1. The fraction of sp³-hybridized carbons (Fsp3) is 0.100. The first-order valence-electron chi connectivity index (χ1n) is 3.97. The number of benzene rings is 1. The molecule has 14 heavy (non-hydrogen) atoms. The van der Waals surface area contributed by atoms with Gasteiger partial charge in [-0.1, -0.05) is 11.6 Å². The van der Waals surface area contributed by atoms with Crippen LogP contribution >= 0.6 is 22.9 Å². The Kier molecular flexibility index (Phi) is 2.44. The molecule has 0 aliphatic carbocycles. The lowest BCUT2D eigenvalue weighted by Crippen LogP contribution is -2.01. The number of halogens is 1. The molecule has 0 radical (unpaired) electrons. The third kappa shape index (κ3) is 1.49. The van der Waals surface area contributed by atoms with Crippen molar-refractivity contribution in [3.8, 4) is 0 Å². The second-order valence-corrected chi connectivity index (χ2v) is 4.14. The Morgan fingerprint density at radius 1 is 1.50 bits per heavy atom. The number of fused-ring (bicyclic) bond motifs is 1. The Balaban J connectivity index is 2.64. The monoisotopic (exact) mass is 226 g/mol. The van der Waals surface area contributed by atoms with Gasteiger partial charge in [-0.3, -0.25) is 0 Å². The predicted molar refractivity (Wildman–Crippen MR) is 58.2 cm³/mol. The summed E-state index contributed by atoms with van der Waals surface area (Å²) in [7, 11) is 1.34. The number of carbonyl (C=O) groups excluding carboxylic acids is 1. The Morgan fingerprint density at radius 2 is 2.29 bits per heavy atom. The number of methoxy groups -OCH3 is 1. The topological polar surface area (TPSA) is 26.3 Å². The second kappa shape index (κ2) is 3.59. The van der Waals surface area contributed by atoms with Gasteiger partial charge in [-0.25, -0.2) is 4.79 Å². The van der Waals surface area contributed by atoms with Crippen LogP contribution in [0.5, 0.6) is 0 Å². The van der Waals surface area contributed by atoms with E-state index >= 15 is 0 Å². The molecule has 0 amide bonds. The molecule has 1 heterocycles. The molecule has 1 aromatic carbocycles. The smallest absolute Gasteiger partial charge is 0.339 e. The lowest BCUT2D eigenvalue weighted by molar-refractivity contribution is 0.0601. The molecular weight excluding hydrogens is 220 g/mol. The molecule has 72 valence electrons. The van der Waals surface area contributed by atoms with E-state index in [1.54, 1.807) is 23.5 Å². The van der Waals surface area contributed by atoms with Crippen molar-refractivity contribution in [2.75, 3.05) is 7.11 Å². The second-order valence-electron chi connectivity index (χ2n) is 2.78. The number of carbonyl (C=O) groups is 1. The first kappa shape index (κ1) is 9.49. The standard InChI is InChI=1S/C10H7ClO2S/c1-13-10(12)7-4-6-2-3-14-9(6)5-8(7)11/h2-5H,1H3. The van der Waals surface area contributed by atoms with Gasteiger partial charge in [0.25, 0.3) is 0 Å². The summed E-state index contributed by atoms with van der Waals surface area (Å²) < 4.78 is 5.69. The highest BCUT2D eigenvalue weighted by molar-refractivity contribution is 7.17. The van der Waals surface area contributed by atoms with Crippen molar-refractivity contribution in [3.63, 3.8) is 0 Å². The van der Waals surface area contributed by atoms with Crippen LogP contribution in [-0.4, -0.2) is 13.1 Å². The molecule has 0 aliphatic heterocycles. The summed E-state index contributed by atoms with van der Waals surface area (Å²) in [5.41, 5.74) is 0.417. The van der Waals surface area contributed by atoms with E-state index in [0.29, 0.717) is 10.6 Å². The molecule has 0 aliphatic rings. The van der Waals surface area contributed by atoms with Crippen LogP contribution in [0.4, 0.5) is 0 Å². The van der Waals surface area contributed by atoms with Crippen molar-refractivity contribution in [3.05, 3.63) is 34.2 Å². The molecule has 1 aromatic heterocycles. The van der Waals surface area contributed by atoms with E-state index in [4.69, 9.17) is 11.6 Å². The van der Waals surface area contributed by atoms with Crippen LogP contribution in [0, 0.1) is 0 Å². The Bertz CT molecular complexity index is 490. The Hall–Kier alpha value is -1.06. The summed E-state index contributed by atoms with van der Waals surface area (Å²) in [6.07, 6.45) is 0. The summed E-state index contributed by atoms with van der Waals surface area (Å²) in [4.78, 5) is 11.3. The van der Waals surface area contributed by atoms with Gasteiger partial charge >= 0.3 is 5.97 Å². The summed E-state index contributed by atoms with van der Waals surface area (Å²) in [5.74, 6) is -0.400. The third-order valence-electron chi connectivity index (χ3n) is 1.95. The maximum Gasteiger partial charge on any atom is 0.339 e. The first-order chi connectivity index (χ1) is 6.72. The average molecular weight is 227 g/mol. The lowest BCUT2D eigenvalue weighted by Gasteiger charge is -2.01. The first-order valence-corrected chi connectivity index (χ1v) is 5.23. The van der Waals surface area contributed by atoms with Crippen LogP contribution in [0.15, 0.2) is 23.6 Å². The molecule has 4 heteroatoms. The SMILES string of the molecule is COC(=O)c1cc2ccsc2cc1Cl. The molecule has 0 unspecified atom stereocenters. The van der Waals surface area contributed by atoms with Crippen molar-refractivity contribution in [1.29, 1.82) is 0 Å². The van der Waals surface area contributed by atoms with E-state index in [1.165, 1.54) is 7.11 Å². The molecule has 2 rings (SSSR count). The van der Waals surface area contributed by atoms with E-state index in [-0.39, 0.29) is 0 Å². The fourth-order valence-electron chi connectivity index (χ4n) is 1.25. The van der Waals surface area contributed by atoms with E-state index in [1.807, 2.05) is 11.4 Å². The van der Waals surface area contributed by atoms with Gasteiger partial charge in [0, 0.05) is 4.70 Å². The van der Waals surface area contributed by atoms with E-state index in [0.717, 1.165) is 10.1 Å². The molecular formula is C10H7ClO2S. The third-order valence-corrected chi connectivity index (χ3v) is 3.14. The molecule has 2 nitrogen and oxygen atoms in total. The van der Waals surface area contributed by atoms with Crippen molar-refractivity contribution in [2.45, 2.75) is 0 Å². The van der Waals surface area contributed by atoms with Crippen molar-refractivity contribution in [1.82, 2.24) is 0 Å². The minimum atomic E-state index is -0.400. The van der Waals surface area contributed by atoms with Gasteiger partial charge in [0.05, 0.1) is 17.7 Å². The van der Waals surface area contributed by atoms with E-state index in [2.05, 4.69) is 4.74 Å². The number of hydrogen-bond donors (Lipinski definition) is 0. The minimum Gasteiger partial charge on any atom is -0.465 e. The average Bonchev–Trinajstić information content (AvgIpc) is 2.62. The highest BCUT2D eigenvalue weighted by atomic mass is 35.5. The van der Waals surface area contributed by atoms with Crippen LogP contribution in [0.2, 0.25) is 5.02 Å². The molecule has 0 spiro atoms. The summed E-state index contributed by atoms with van der Waals surface area (Å²) in [6, 6.07) is 5.48. The maximum atomic E-state index is 11.3. The molecule has 0 atom stereocenters. The predicted octanol–water partition coefficient (Wildman–Crippen LogP) is 3.34. The van der Waals surface area contributed by atoms with Gasteiger partial charge in [0.1, 0.15) is 0 Å². The van der Waals surface area contributed by atoms with Crippen molar-refractivity contribution >= 4 is 39.0 Å². The Morgan fingerprint density at radius 3 is 3.00 bits per heavy atom. The number of rotatable bonds is 1. The normalized spacial score (nSPS) is 10.4. The van der Waals surface area contributed by atoms with Crippen LogP contribution in [0.3, 0.4) is 0 Å². The molecule has 0 N–H and O–H groups in total. The van der Waals surface area contributed by atoms with Crippen LogP contribution < -0.4 is 0 Å². The molecule has 0 bridgehead atoms. The highest BCUT2D eigenvalue weighted by Crippen LogP contribution is 2.28. The molecule has 0 fully saturated rings. The number of esters is 1. The van der Waals surface area contributed by atoms with E-state index in [9.17, 15) is 4.79 Å². The summed E-state index contributed by atoms with van der Waals surface area (Å²) in [5, 5.41) is 3.41. The van der Waals surface area contributed by atoms with Gasteiger partial charge in [-0.2, -0.15) is 0 Å². The van der Waals surface area contributed by atoms with Crippen molar-refractivity contribution < 1.29 is 9.53 Å². The zero-order valence-corrected chi connectivity index (χ0v) is 8.98. The highest BCUT2D eigenvalue weighted by Gasteiger charge is 2.11. The number of hydrogen-bond acceptors (Lipinski definition) is 3. The lowest BCUT2D eigenvalue weighted by atomic mass is 10.2. The Labute approximate surface area is 90.1 Å². The van der Waals surface area contributed by atoms with Gasteiger partial charge in [0.2, 0.25) is 0 Å². The van der Waals surface area contributed by atoms with E-state index < -0.39 is 5.97 Å². The molecule has 0 saturated heterocycles. The van der Waals surface area contributed by atoms with Gasteiger partial charge in [-0.15, -0.1) is 11.3 Å². The number of thiophene rings is 1. The zero-order valence-electron chi connectivity index (χ0n) is 7.41. The quantitative estimate of drug-likeness (QED) is 0.698. The van der Waals surface area contributed by atoms with Crippen LogP contribution in [-0.2, 0) is 4.74 Å². The summed E-state index contributed by atoms with van der Waals surface area (Å²) >= 11 is 7.53. The maximum absolute atomic E-state index is 11.3. The van der Waals surface area contributed by atoms with Gasteiger partial charge in [-0.05, 0) is 29.0 Å². The van der Waals surface area contributed by atoms with Crippen LogP contribution in [0.1, 0.15) is 10.4 Å². The molecule has 2 aromatic rings. The van der Waals surface area contributed by atoms with Crippen molar-refractivity contribution in [2.24, 2.45) is 0 Å². The van der Waals surface area contributed by atoms with Gasteiger partial charge < -0.3 is 4.74 Å². The van der Waals surface area contributed by atoms with Gasteiger partial charge in [0.15, 0.2) is 0 Å². The largest absolute Gasteiger partial charge is 0.465 e. The molecule has 0 saturated carbocycles. The van der Waals surface area contributed by atoms with Crippen LogP contribution in [0.25, 0.3) is 10.1 Å².